The van der Waals surface area contributed by atoms with Crippen molar-refractivity contribution in [1.29, 1.82) is 0 Å². The first-order valence-electron chi connectivity index (χ1n) is 15.6. The number of nitrogens with zero attached hydrogens (tertiary/aromatic N) is 2. The third-order valence-electron chi connectivity index (χ3n) is 7.86. The van der Waals surface area contributed by atoms with Gasteiger partial charge in [-0.2, -0.15) is 0 Å². The van der Waals surface area contributed by atoms with Gasteiger partial charge in [0.1, 0.15) is 19.0 Å². The summed E-state index contributed by atoms with van der Waals surface area (Å²) in [6.07, 6.45) is 3.48. The van der Waals surface area contributed by atoms with Gasteiger partial charge in [0.15, 0.2) is 16.3 Å². The molecule has 3 aromatic carbocycles. The second-order valence-corrected chi connectivity index (χ2v) is 12.3. The summed E-state index contributed by atoms with van der Waals surface area (Å²) in [5, 5.41) is 0. The largest absolute Gasteiger partial charge is 0.490 e. The number of ether oxygens (including phenoxy) is 4. The smallest absolute Gasteiger partial charge is 0.338 e. The Kier molecular flexibility index (Phi) is 10.5. The van der Waals surface area contributed by atoms with Crippen LogP contribution >= 0.6 is 11.3 Å². The maximum atomic E-state index is 14.1. The number of rotatable bonds is 12. The minimum absolute atomic E-state index is 0.202. The zero-order chi connectivity index (χ0) is 33.7. The van der Waals surface area contributed by atoms with Crippen LogP contribution in [0.15, 0.2) is 88.3 Å². The van der Waals surface area contributed by atoms with Crippen molar-refractivity contribution in [1.82, 2.24) is 4.57 Å². The monoisotopic (exact) mass is 652 g/mol. The lowest BCUT2D eigenvalue weighted by Gasteiger charge is -2.24. The average molecular weight is 653 g/mol. The fourth-order valence-corrected chi connectivity index (χ4v) is 6.80. The van der Waals surface area contributed by atoms with E-state index in [-0.39, 0.29) is 12.2 Å². The molecule has 0 bridgehead atoms. The summed E-state index contributed by atoms with van der Waals surface area (Å²) in [5.41, 5.74) is 6.82. The first kappa shape index (κ1) is 33.5. The van der Waals surface area contributed by atoms with E-state index in [9.17, 15) is 9.59 Å². The molecule has 0 fully saturated rings. The number of allylic oxidation sites excluding steroid dienone is 1. The molecule has 4 aromatic rings. The van der Waals surface area contributed by atoms with Gasteiger partial charge in [-0.3, -0.25) is 9.36 Å². The quantitative estimate of drug-likeness (QED) is 0.133. The predicted octanol–water partition coefficient (Wildman–Crippen LogP) is 6.27. The Labute approximate surface area is 278 Å². The number of carbonyl (C=O) groups excluding carboxylic acids is 1. The van der Waals surface area contributed by atoms with Gasteiger partial charge in [-0.05, 0) is 99.7 Å². The van der Waals surface area contributed by atoms with Crippen LogP contribution in [0.4, 0.5) is 0 Å². The van der Waals surface area contributed by atoms with E-state index in [0.717, 1.165) is 16.7 Å². The van der Waals surface area contributed by atoms with Crippen molar-refractivity contribution < 1.29 is 23.7 Å². The zero-order valence-electron chi connectivity index (χ0n) is 27.7. The second-order valence-electron chi connectivity index (χ2n) is 11.3. The van der Waals surface area contributed by atoms with E-state index in [4.69, 9.17) is 18.9 Å². The second kappa shape index (κ2) is 14.7. The Morgan fingerprint density at radius 2 is 1.66 bits per heavy atom. The van der Waals surface area contributed by atoms with Crippen LogP contribution in [0.3, 0.4) is 0 Å². The van der Waals surface area contributed by atoms with Crippen molar-refractivity contribution in [3.05, 3.63) is 132 Å². The number of thiazole rings is 1. The summed E-state index contributed by atoms with van der Waals surface area (Å²) in [7, 11) is 0. The Hall–Kier alpha value is -4.89. The number of hydrogen-bond donors (Lipinski definition) is 0. The molecule has 0 aliphatic carbocycles. The van der Waals surface area contributed by atoms with E-state index >= 15 is 0 Å². The molecule has 1 atom stereocenters. The van der Waals surface area contributed by atoms with Crippen LogP contribution in [-0.2, 0) is 16.1 Å². The number of fused-ring (bicyclic) bond motifs is 1. The summed E-state index contributed by atoms with van der Waals surface area (Å²) in [6, 6.07) is 16.6. The Morgan fingerprint density at radius 1 is 0.936 bits per heavy atom. The zero-order valence-corrected chi connectivity index (χ0v) is 28.5. The molecule has 244 valence electrons. The van der Waals surface area contributed by atoms with E-state index < -0.39 is 12.0 Å². The molecule has 1 aliphatic rings. The van der Waals surface area contributed by atoms with Gasteiger partial charge in [0.25, 0.3) is 5.56 Å². The molecule has 0 amide bonds. The molecule has 0 saturated heterocycles. The highest BCUT2D eigenvalue weighted by atomic mass is 32.1. The molecule has 1 aromatic heterocycles. The number of hydrogen-bond acceptors (Lipinski definition) is 8. The third-order valence-corrected chi connectivity index (χ3v) is 8.84. The van der Waals surface area contributed by atoms with Crippen LogP contribution in [0.2, 0.25) is 0 Å². The highest BCUT2D eigenvalue weighted by Gasteiger charge is 2.33. The van der Waals surface area contributed by atoms with Gasteiger partial charge in [-0.25, -0.2) is 9.79 Å². The third kappa shape index (κ3) is 7.25. The molecule has 0 saturated carbocycles. The molecule has 47 heavy (non-hydrogen) atoms. The minimum Gasteiger partial charge on any atom is -0.490 e. The molecule has 8 nitrogen and oxygen atoms in total. The molecule has 1 aliphatic heterocycles. The van der Waals surface area contributed by atoms with Gasteiger partial charge in [-0.1, -0.05) is 59.9 Å². The van der Waals surface area contributed by atoms with Crippen LogP contribution in [0, 0.1) is 20.8 Å². The maximum Gasteiger partial charge on any atom is 0.338 e. The molecule has 0 spiro atoms. The van der Waals surface area contributed by atoms with E-state index in [0.29, 0.717) is 57.7 Å². The highest BCUT2D eigenvalue weighted by Crippen LogP contribution is 2.33. The van der Waals surface area contributed by atoms with Gasteiger partial charge in [0, 0.05) is 0 Å². The van der Waals surface area contributed by atoms with Crippen molar-refractivity contribution >= 4 is 23.4 Å². The molecular formula is C38H40N2O6S. The minimum atomic E-state index is -0.718. The number of aromatic nitrogens is 1. The Balaban J connectivity index is 1.53. The molecule has 5 rings (SSSR count). The highest BCUT2D eigenvalue weighted by molar-refractivity contribution is 7.07. The van der Waals surface area contributed by atoms with Crippen LogP contribution in [0.1, 0.15) is 60.2 Å². The normalized spacial score (nSPS) is 14.3. The van der Waals surface area contributed by atoms with E-state index in [2.05, 4.69) is 44.5 Å². The standard InChI is InChI=1S/C38H40N2O6S/c1-8-17-45-29-14-12-28(13-15-29)35-34(37(42)44-10-3)26(7)39-38-40(35)36(41)33(47-38)21-27-11-16-31(32(20-27)43-9-2)46-22-30-24(5)18-23(4)19-25(30)6/h8,11-16,18-21,35H,1,9-10,17,22H2,2-7H3/b33-21-/t35-/m1/s1. The fourth-order valence-electron chi connectivity index (χ4n) is 5.75. The van der Waals surface area contributed by atoms with Gasteiger partial charge < -0.3 is 18.9 Å². The maximum absolute atomic E-state index is 14.1. The summed E-state index contributed by atoms with van der Waals surface area (Å²) in [5.74, 6) is 1.36. The van der Waals surface area contributed by atoms with Gasteiger partial charge >= 0.3 is 5.97 Å². The van der Waals surface area contributed by atoms with Crippen LogP contribution in [0.5, 0.6) is 17.2 Å². The van der Waals surface area contributed by atoms with Crippen LogP contribution in [-0.4, -0.2) is 30.4 Å². The van der Waals surface area contributed by atoms with Gasteiger partial charge in [0.05, 0.1) is 35.1 Å². The summed E-state index contributed by atoms with van der Waals surface area (Å²) in [6.45, 7) is 16.8. The van der Waals surface area contributed by atoms with Crippen molar-refractivity contribution in [3.63, 3.8) is 0 Å². The van der Waals surface area contributed by atoms with E-state index in [1.807, 2.05) is 55.5 Å². The number of carbonyl (C=O) groups is 1. The van der Waals surface area contributed by atoms with Crippen LogP contribution in [0.25, 0.3) is 6.08 Å². The van der Waals surface area contributed by atoms with E-state index in [1.54, 1.807) is 24.5 Å². The van der Waals surface area contributed by atoms with Crippen molar-refractivity contribution in [2.24, 2.45) is 4.99 Å². The lowest BCUT2D eigenvalue weighted by Crippen LogP contribution is -2.39. The van der Waals surface area contributed by atoms with Crippen molar-refractivity contribution in [2.45, 2.75) is 54.2 Å². The van der Waals surface area contributed by atoms with E-state index in [1.165, 1.54) is 28.0 Å². The summed E-state index contributed by atoms with van der Waals surface area (Å²) < 4.78 is 25.3. The Bertz CT molecular complexity index is 2000. The Morgan fingerprint density at radius 3 is 2.32 bits per heavy atom. The fraction of sp³-hybridized carbons (Fsp3) is 0.289. The SMILES string of the molecule is C=CCOc1ccc([C@@H]2C(C(=O)OCC)=C(C)N=c3s/c(=C\c4ccc(OCc5c(C)cc(C)cc5C)c(OCC)c4)c(=O)n32)cc1. The lowest BCUT2D eigenvalue weighted by atomic mass is 9.96. The van der Waals surface area contributed by atoms with Crippen molar-refractivity contribution in [2.75, 3.05) is 19.8 Å². The molecule has 2 heterocycles. The molecular weight excluding hydrogens is 612 g/mol. The van der Waals surface area contributed by atoms with Gasteiger partial charge in [0.2, 0.25) is 0 Å². The molecule has 0 N–H and O–H groups in total. The topological polar surface area (TPSA) is 88.4 Å². The lowest BCUT2D eigenvalue weighted by molar-refractivity contribution is -0.139. The first-order chi connectivity index (χ1) is 22.6. The summed E-state index contributed by atoms with van der Waals surface area (Å²) >= 11 is 1.27. The van der Waals surface area contributed by atoms with Gasteiger partial charge in [-0.15, -0.1) is 0 Å². The number of esters is 1. The van der Waals surface area contributed by atoms with Crippen molar-refractivity contribution in [3.8, 4) is 17.2 Å². The molecule has 0 radical (unpaired) electrons. The average Bonchev–Trinajstić information content (AvgIpc) is 3.33. The number of aryl methyl sites for hydroxylation is 3. The number of benzene rings is 3. The molecule has 0 unspecified atom stereocenters. The summed E-state index contributed by atoms with van der Waals surface area (Å²) in [4.78, 5) is 32.5. The van der Waals surface area contributed by atoms with Crippen LogP contribution < -0.4 is 29.1 Å². The molecule has 9 heteroatoms. The first-order valence-corrected chi connectivity index (χ1v) is 16.5. The predicted molar refractivity (Wildman–Crippen MR) is 185 cm³/mol.